The first-order chi connectivity index (χ1) is 10.3. The van der Waals surface area contributed by atoms with Crippen molar-refractivity contribution in [2.24, 2.45) is 0 Å². The van der Waals surface area contributed by atoms with Crippen LogP contribution >= 0.6 is 0 Å². The molecule has 0 spiro atoms. The van der Waals surface area contributed by atoms with Gasteiger partial charge in [0, 0.05) is 5.92 Å². The van der Waals surface area contributed by atoms with E-state index in [4.69, 9.17) is 0 Å². The van der Waals surface area contributed by atoms with Crippen molar-refractivity contribution in [2.75, 3.05) is 0 Å². The molecule has 0 aliphatic heterocycles. The quantitative estimate of drug-likeness (QED) is 0.524. The molecule has 1 aliphatic carbocycles. The summed E-state index contributed by atoms with van der Waals surface area (Å²) in [6, 6.07) is 24.2. The Morgan fingerprint density at radius 2 is 1.52 bits per heavy atom. The monoisotopic (exact) mass is 270 g/mol. The molecule has 1 atom stereocenters. The van der Waals surface area contributed by atoms with E-state index < -0.39 is 0 Å². The van der Waals surface area contributed by atoms with Gasteiger partial charge >= 0.3 is 0 Å². The van der Waals surface area contributed by atoms with Crippen LogP contribution in [0.25, 0.3) is 22.3 Å². The molecule has 3 aromatic carbocycles. The molecule has 21 heavy (non-hydrogen) atoms. The third kappa shape index (κ3) is 1.83. The Morgan fingerprint density at radius 1 is 0.714 bits per heavy atom. The second-order valence-corrected chi connectivity index (χ2v) is 5.93. The minimum atomic E-state index is 0.485. The molecule has 0 amide bonds. The van der Waals surface area contributed by atoms with Crippen LogP contribution in [0.4, 0.5) is 0 Å². The van der Waals surface area contributed by atoms with Crippen LogP contribution in [0.3, 0.4) is 0 Å². The molecule has 3 aromatic rings. The van der Waals surface area contributed by atoms with Gasteiger partial charge in [0.1, 0.15) is 0 Å². The van der Waals surface area contributed by atoms with E-state index >= 15 is 0 Å². The van der Waals surface area contributed by atoms with Crippen molar-refractivity contribution in [3.8, 4) is 22.3 Å². The number of aryl methyl sites for hydroxylation is 1. The molecule has 4 rings (SSSR count). The van der Waals surface area contributed by atoms with Crippen molar-refractivity contribution in [3.05, 3.63) is 83.4 Å². The maximum absolute atomic E-state index is 2.37. The molecule has 0 saturated heterocycles. The maximum Gasteiger partial charge on any atom is 0.00736 e. The Morgan fingerprint density at radius 3 is 2.33 bits per heavy atom. The standard InChI is InChI=1S/C21H18/c1-14-7-6-10-18-15(2)20-13-17(11-12-19(20)21(14)18)16-8-4-3-5-9-16/h3-13,15H,1-2H3. The van der Waals surface area contributed by atoms with Gasteiger partial charge < -0.3 is 0 Å². The van der Waals surface area contributed by atoms with Gasteiger partial charge in [-0.2, -0.15) is 0 Å². The van der Waals surface area contributed by atoms with E-state index in [9.17, 15) is 0 Å². The van der Waals surface area contributed by atoms with E-state index in [2.05, 4.69) is 80.6 Å². The highest BCUT2D eigenvalue weighted by molar-refractivity contribution is 5.83. The summed E-state index contributed by atoms with van der Waals surface area (Å²) in [6.45, 7) is 4.53. The lowest BCUT2D eigenvalue weighted by atomic mass is 9.95. The van der Waals surface area contributed by atoms with Crippen molar-refractivity contribution in [1.29, 1.82) is 0 Å². The first kappa shape index (κ1) is 12.4. The maximum atomic E-state index is 2.37. The Hall–Kier alpha value is -2.34. The van der Waals surface area contributed by atoms with Gasteiger partial charge in [0.15, 0.2) is 0 Å². The number of hydrogen-bond acceptors (Lipinski definition) is 0. The third-order valence-corrected chi connectivity index (χ3v) is 4.67. The van der Waals surface area contributed by atoms with Crippen molar-refractivity contribution in [1.82, 2.24) is 0 Å². The molecular formula is C21H18. The van der Waals surface area contributed by atoms with E-state index in [1.807, 2.05) is 0 Å². The van der Waals surface area contributed by atoms with E-state index in [0.717, 1.165) is 0 Å². The average Bonchev–Trinajstić information content (AvgIpc) is 2.82. The summed E-state index contributed by atoms with van der Waals surface area (Å²) in [7, 11) is 0. The van der Waals surface area contributed by atoms with Gasteiger partial charge in [-0.1, -0.05) is 67.6 Å². The van der Waals surface area contributed by atoms with Crippen LogP contribution in [0.1, 0.15) is 29.5 Å². The van der Waals surface area contributed by atoms with Gasteiger partial charge in [-0.3, -0.25) is 0 Å². The lowest BCUT2D eigenvalue weighted by Gasteiger charge is -2.09. The van der Waals surface area contributed by atoms with Crippen LogP contribution < -0.4 is 0 Å². The molecule has 0 N–H and O–H groups in total. The van der Waals surface area contributed by atoms with Crippen molar-refractivity contribution in [2.45, 2.75) is 19.8 Å². The third-order valence-electron chi connectivity index (χ3n) is 4.67. The lowest BCUT2D eigenvalue weighted by molar-refractivity contribution is 0.956. The average molecular weight is 270 g/mol. The fourth-order valence-electron chi connectivity index (χ4n) is 3.55. The molecule has 102 valence electrons. The van der Waals surface area contributed by atoms with Gasteiger partial charge in [-0.05, 0) is 51.9 Å². The molecule has 0 saturated carbocycles. The van der Waals surface area contributed by atoms with Crippen LogP contribution in [0.2, 0.25) is 0 Å². The summed E-state index contributed by atoms with van der Waals surface area (Å²) in [6.07, 6.45) is 0. The number of hydrogen-bond donors (Lipinski definition) is 0. The minimum absolute atomic E-state index is 0.485. The van der Waals surface area contributed by atoms with Gasteiger partial charge in [0.25, 0.3) is 0 Å². The van der Waals surface area contributed by atoms with E-state index in [-0.39, 0.29) is 0 Å². The summed E-state index contributed by atoms with van der Waals surface area (Å²) in [5.41, 5.74) is 9.77. The summed E-state index contributed by atoms with van der Waals surface area (Å²) >= 11 is 0. The van der Waals surface area contributed by atoms with Crippen LogP contribution in [0.15, 0.2) is 66.7 Å². The number of rotatable bonds is 1. The predicted octanol–water partition coefficient (Wildman–Crippen LogP) is 5.79. The van der Waals surface area contributed by atoms with Crippen LogP contribution in [0, 0.1) is 6.92 Å². The second-order valence-electron chi connectivity index (χ2n) is 5.93. The zero-order valence-electron chi connectivity index (χ0n) is 12.4. The van der Waals surface area contributed by atoms with Crippen molar-refractivity contribution >= 4 is 0 Å². The topological polar surface area (TPSA) is 0 Å². The minimum Gasteiger partial charge on any atom is -0.0622 e. The van der Waals surface area contributed by atoms with Gasteiger partial charge in [0.05, 0.1) is 0 Å². The molecule has 0 fully saturated rings. The molecule has 0 aromatic heterocycles. The predicted molar refractivity (Wildman–Crippen MR) is 89.6 cm³/mol. The lowest BCUT2D eigenvalue weighted by Crippen LogP contribution is -1.90. The summed E-state index contributed by atoms with van der Waals surface area (Å²) in [5.74, 6) is 0.485. The normalized spacial score (nSPS) is 15.6. The molecule has 0 radical (unpaired) electrons. The summed E-state index contributed by atoms with van der Waals surface area (Å²) < 4.78 is 0. The Balaban J connectivity index is 1.91. The van der Waals surface area contributed by atoms with Gasteiger partial charge in [-0.15, -0.1) is 0 Å². The first-order valence-corrected chi connectivity index (χ1v) is 7.55. The molecule has 1 aliphatic rings. The van der Waals surface area contributed by atoms with Crippen LogP contribution in [-0.4, -0.2) is 0 Å². The van der Waals surface area contributed by atoms with Gasteiger partial charge in [-0.25, -0.2) is 0 Å². The van der Waals surface area contributed by atoms with E-state index in [0.29, 0.717) is 5.92 Å². The highest BCUT2D eigenvalue weighted by Gasteiger charge is 2.26. The molecule has 0 bridgehead atoms. The fourth-order valence-corrected chi connectivity index (χ4v) is 3.55. The molecular weight excluding hydrogens is 252 g/mol. The highest BCUT2D eigenvalue weighted by Crippen LogP contribution is 2.47. The Kier molecular flexibility index (Phi) is 2.71. The Labute approximate surface area is 126 Å². The van der Waals surface area contributed by atoms with Crippen LogP contribution in [0.5, 0.6) is 0 Å². The highest BCUT2D eigenvalue weighted by atomic mass is 14.3. The summed E-state index contributed by atoms with van der Waals surface area (Å²) in [5, 5.41) is 0. The zero-order chi connectivity index (χ0) is 14.4. The number of fused-ring (bicyclic) bond motifs is 3. The van der Waals surface area contributed by atoms with Gasteiger partial charge in [0.2, 0.25) is 0 Å². The zero-order valence-corrected chi connectivity index (χ0v) is 12.4. The van der Waals surface area contributed by atoms with Crippen molar-refractivity contribution in [3.63, 3.8) is 0 Å². The second kappa shape index (κ2) is 4.60. The van der Waals surface area contributed by atoms with E-state index in [1.54, 1.807) is 0 Å². The SMILES string of the molecule is Cc1cccc2c1-c1ccc(-c3ccccc3)cc1C2C. The largest absolute Gasteiger partial charge is 0.0622 e. The fraction of sp³-hybridized carbons (Fsp3) is 0.143. The molecule has 1 unspecified atom stereocenters. The van der Waals surface area contributed by atoms with Crippen molar-refractivity contribution < 1.29 is 0 Å². The van der Waals surface area contributed by atoms with E-state index in [1.165, 1.54) is 38.9 Å². The molecule has 0 nitrogen and oxygen atoms in total. The first-order valence-electron chi connectivity index (χ1n) is 7.55. The Bertz CT molecular complexity index is 813. The van der Waals surface area contributed by atoms with Crippen LogP contribution in [-0.2, 0) is 0 Å². The number of benzene rings is 3. The smallest absolute Gasteiger partial charge is 0.00736 e. The molecule has 0 heteroatoms. The molecule has 0 heterocycles. The summed E-state index contributed by atoms with van der Waals surface area (Å²) in [4.78, 5) is 0.